The molecule has 0 aliphatic rings. The molecule has 2 N–H and O–H groups in total. The molecular formula is C21H25N5O. The average Bonchev–Trinajstić information content (AvgIpc) is 3.23. The van der Waals surface area contributed by atoms with E-state index in [2.05, 4.69) is 39.8 Å². The number of pyridine rings is 1. The second kappa shape index (κ2) is 9.52. The minimum atomic E-state index is -0.232. The topological polar surface area (TPSA) is 71.8 Å². The van der Waals surface area contributed by atoms with E-state index in [-0.39, 0.29) is 6.03 Å². The standard InChI is InChI=1S/C21H25N5O/c1-2-3-4-6-17-7-10-19(11-8-17)25-21(27)23-16-18-9-12-20(22-15-18)26-14-5-13-24-26/h5,7-15H,2-4,6,16H2,1H3,(H2,23,25,27). The molecule has 0 aliphatic carbocycles. The summed E-state index contributed by atoms with van der Waals surface area (Å²) in [7, 11) is 0. The van der Waals surface area contributed by atoms with Crippen molar-refractivity contribution < 1.29 is 4.79 Å². The van der Waals surface area contributed by atoms with Crippen LogP contribution in [0.3, 0.4) is 0 Å². The SMILES string of the molecule is CCCCCc1ccc(NC(=O)NCc2ccc(-n3cccn3)nc2)cc1. The van der Waals surface area contributed by atoms with Crippen molar-refractivity contribution in [3.8, 4) is 5.82 Å². The molecule has 0 saturated carbocycles. The number of unbranched alkanes of at least 4 members (excludes halogenated alkanes) is 2. The van der Waals surface area contributed by atoms with Crippen molar-refractivity contribution in [3.63, 3.8) is 0 Å². The van der Waals surface area contributed by atoms with Crippen LogP contribution in [-0.4, -0.2) is 20.8 Å². The smallest absolute Gasteiger partial charge is 0.319 e. The number of benzene rings is 1. The Balaban J connectivity index is 1.45. The third-order valence-corrected chi connectivity index (χ3v) is 4.28. The molecule has 1 aromatic carbocycles. The summed E-state index contributed by atoms with van der Waals surface area (Å²) in [5, 5.41) is 9.84. The molecule has 0 spiro atoms. The van der Waals surface area contributed by atoms with E-state index >= 15 is 0 Å². The lowest BCUT2D eigenvalue weighted by molar-refractivity contribution is 0.251. The predicted molar refractivity (Wildman–Crippen MR) is 107 cm³/mol. The van der Waals surface area contributed by atoms with Gasteiger partial charge in [-0.15, -0.1) is 0 Å². The summed E-state index contributed by atoms with van der Waals surface area (Å²) in [6, 6.07) is 13.5. The number of hydrogen-bond donors (Lipinski definition) is 2. The lowest BCUT2D eigenvalue weighted by Gasteiger charge is -2.09. The molecule has 0 saturated heterocycles. The fourth-order valence-corrected chi connectivity index (χ4v) is 2.75. The first-order chi connectivity index (χ1) is 13.2. The summed E-state index contributed by atoms with van der Waals surface area (Å²) in [6.45, 7) is 2.61. The molecule has 0 aliphatic heterocycles. The second-order valence-electron chi connectivity index (χ2n) is 6.44. The second-order valence-corrected chi connectivity index (χ2v) is 6.44. The van der Waals surface area contributed by atoms with Gasteiger partial charge in [-0.05, 0) is 48.2 Å². The van der Waals surface area contributed by atoms with Crippen molar-refractivity contribution >= 4 is 11.7 Å². The van der Waals surface area contributed by atoms with E-state index in [0.717, 1.165) is 23.5 Å². The van der Waals surface area contributed by atoms with Crippen molar-refractivity contribution in [2.45, 2.75) is 39.2 Å². The van der Waals surface area contributed by atoms with Crippen molar-refractivity contribution in [3.05, 3.63) is 72.2 Å². The van der Waals surface area contributed by atoms with E-state index in [4.69, 9.17) is 0 Å². The number of amides is 2. The van der Waals surface area contributed by atoms with Crippen molar-refractivity contribution in [1.82, 2.24) is 20.1 Å². The average molecular weight is 363 g/mol. The number of nitrogens with zero attached hydrogens (tertiary/aromatic N) is 3. The maximum absolute atomic E-state index is 12.1. The van der Waals surface area contributed by atoms with Gasteiger partial charge in [0.15, 0.2) is 5.82 Å². The Hall–Kier alpha value is -3.15. The third-order valence-electron chi connectivity index (χ3n) is 4.28. The minimum Gasteiger partial charge on any atom is -0.334 e. The van der Waals surface area contributed by atoms with E-state index in [1.165, 1.54) is 24.8 Å². The first-order valence-electron chi connectivity index (χ1n) is 9.33. The number of aromatic nitrogens is 3. The number of nitrogens with one attached hydrogen (secondary N) is 2. The van der Waals surface area contributed by atoms with E-state index in [1.54, 1.807) is 17.1 Å². The molecule has 2 aromatic heterocycles. The van der Waals surface area contributed by atoms with Gasteiger partial charge in [-0.3, -0.25) is 0 Å². The Kier molecular flexibility index (Phi) is 6.57. The molecule has 0 unspecified atom stereocenters. The van der Waals surface area contributed by atoms with Gasteiger partial charge in [-0.1, -0.05) is 38.0 Å². The largest absolute Gasteiger partial charge is 0.334 e. The first kappa shape index (κ1) is 18.6. The van der Waals surface area contributed by atoms with Crippen molar-refractivity contribution in [2.24, 2.45) is 0 Å². The molecular weight excluding hydrogens is 338 g/mol. The highest BCUT2D eigenvalue weighted by Crippen LogP contribution is 2.12. The highest BCUT2D eigenvalue weighted by Gasteiger charge is 2.03. The Bertz CT molecular complexity index is 826. The maximum atomic E-state index is 12.1. The molecule has 0 radical (unpaired) electrons. The fraction of sp³-hybridized carbons (Fsp3) is 0.286. The summed E-state index contributed by atoms with van der Waals surface area (Å²) >= 11 is 0. The molecule has 6 nitrogen and oxygen atoms in total. The number of hydrogen-bond acceptors (Lipinski definition) is 3. The number of rotatable bonds is 8. The summed E-state index contributed by atoms with van der Waals surface area (Å²) in [5.41, 5.74) is 3.02. The highest BCUT2D eigenvalue weighted by atomic mass is 16.2. The summed E-state index contributed by atoms with van der Waals surface area (Å²) < 4.78 is 1.69. The third kappa shape index (κ3) is 5.67. The molecule has 0 atom stereocenters. The van der Waals surface area contributed by atoms with Crippen LogP contribution in [0, 0.1) is 0 Å². The Morgan fingerprint density at radius 2 is 1.89 bits per heavy atom. The van der Waals surface area contributed by atoms with Gasteiger partial charge in [0.25, 0.3) is 0 Å². The molecule has 3 rings (SSSR count). The monoisotopic (exact) mass is 363 g/mol. The molecule has 0 bridgehead atoms. The molecule has 140 valence electrons. The van der Waals surface area contributed by atoms with Crippen LogP contribution in [0.4, 0.5) is 10.5 Å². The van der Waals surface area contributed by atoms with Crippen LogP contribution in [-0.2, 0) is 13.0 Å². The van der Waals surface area contributed by atoms with E-state index in [9.17, 15) is 4.79 Å². The summed E-state index contributed by atoms with van der Waals surface area (Å²) in [6.07, 6.45) is 10.0. The van der Waals surface area contributed by atoms with Gasteiger partial charge in [-0.2, -0.15) is 5.10 Å². The fourth-order valence-electron chi connectivity index (χ4n) is 2.75. The summed E-state index contributed by atoms with van der Waals surface area (Å²) in [5.74, 6) is 0.743. The van der Waals surface area contributed by atoms with Gasteiger partial charge in [0.2, 0.25) is 0 Å². The number of aryl methyl sites for hydroxylation is 1. The van der Waals surface area contributed by atoms with Crippen LogP contribution in [0.1, 0.15) is 37.3 Å². The van der Waals surface area contributed by atoms with E-state index < -0.39 is 0 Å². The van der Waals surface area contributed by atoms with E-state index in [1.807, 2.05) is 36.5 Å². The number of carbonyl (C=O) groups is 1. The van der Waals surface area contributed by atoms with Gasteiger partial charge < -0.3 is 10.6 Å². The molecule has 0 fully saturated rings. The molecule has 2 heterocycles. The van der Waals surface area contributed by atoms with Gasteiger partial charge >= 0.3 is 6.03 Å². The Labute approximate surface area is 159 Å². The quantitative estimate of drug-likeness (QED) is 0.585. The van der Waals surface area contributed by atoms with Crippen molar-refractivity contribution in [2.75, 3.05) is 5.32 Å². The Morgan fingerprint density at radius 1 is 1.07 bits per heavy atom. The predicted octanol–water partition coefficient (Wildman–Crippen LogP) is 4.32. The van der Waals surface area contributed by atoms with Crippen LogP contribution in [0.5, 0.6) is 0 Å². The van der Waals surface area contributed by atoms with Gasteiger partial charge in [0.1, 0.15) is 0 Å². The number of anilines is 1. The number of urea groups is 1. The zero-order chi connectivity index (χ0) is 18.9. The van der Waals surface area contributed by atoms with Crippen molar-refractivity contribution in [1.29, 1.82) is 0 Å². The van der Waals surface area contributed by atoms with Crippen LogP contribution < -0.4 is 10.6 Å². The molecule has 2 amide bonds. The van der Waals surface area contributed by atoms with Crippen LogP contribution >= 0.6 is 0 Å². The lowest BCUT2D eigenvalue weighted by atomic mass is 10.1. The van der Waals surface area contributed by atoms with E-state index in [0.29, 0.717) is 6.54 Å². The van der Waals surface area contributed by atoms with Gasteiger partial charge in [-0.25, -0.2) is 14.5 Å². The Morgan fingerprint density at radius 3 is 2.56 bits per heavy atom. The minimum absolute atomic E-state index is 0.232. The molecule has 3 aromatic rings. The van der Waals surface area contributed by atoms with Crippen LogP contribution in [0.2, 0.25) is 0 Å². The first-order valence-corrected chi connectivity index (χ1v) is 9.33. The number of carbonyl (C=O) groups excluding carboxylic acids is 1. The zero-order valence-electron chi connectivity index (χ0n) is 15.6. The molecule has 27 heavy (non-hydrogen) atoms. The van der Waals surface area contributed by atoms with Gasteiger partial charge in [0, 0.05) is 30.8 Å². The summed E-state index contributed by atoms with van der Waals surface area (Å²) in [4.78, 5) is 16.4. The lowest BCUT2D eigenvalue weighted by Crippen LogP contribution is -2.28. The molecule has 6 heteroatoms. The normalized spacial score (nSPS) is 10.6. The highest BCUT2D eigenvalue weighted by molar-refractivity contribution is 5.89. The zero-order valence-corrected chi connectivity index (χ0v) is 15.6. The maximum Gasteiger partial charge on any atom is 0.319 e. The van der Waals surface area contributed by atoms with Gasteiger partial charge in [0.05, 0.1) is 0 Å². The van der Waals surface area contributed by atoms with Crippen LogP contribution in [0.25, 0.3) is 5.82 Å². The van der Waals surface area contributed by atoms with Crippen LogP contribution in [0.15, 0.2) is 61.1 Å².